The number of hydrogen-bond donors (Lipinski definition) is 1. The first-order valence-corrected chi connectivity index (χ1v) is 6.36. The van der Waals surface area contributed by atoms with Gasteiger partial charge >= 0.3 is 5.97 Å². The lowest BCUT2D eigenvalue weighted by atomic mass is 10.1. The number of nitrogens with zero attached hydrogens (tertiary/aromatic N) is 2. The second-order valence-electron chi connectivity index (χ2n) is 4.72. The number of aliphatic carboxylic acids is 1. The molecule has 0 saturated carbocycles. The number of benzene rings is 1. The molecule has 0 spiro atoms. The summed E-state index contributed by atoms with van der Waals surface area (Å²) in [5.41, 5.74) is 2.08. The van der Waals surface area contributed by atoms with Crippen LogP contribution in [-0.2, 0) is 16.0 Å². The molecule has 1 saturated heterocycles. The van der Waals surface area contributed by atoms with Crippen molar-refractivity contribution in [3.05, 3.63) is 29.8 Å². The van der Waals surface area contributed by atoms with Gasteiger partial charge in [0.2, 0.25) is 5.91 Å². The number of carboxylic acid groups (broad SMARTS) is 1. The maximum atomic E-state index is 11.9. The number of carbonyl (C=O) groups is 2. The number of aryl methyl sites for hydroxylation is 1. The molecular weight excluding hydrogens is 244 g/mol. The van der Waals surface area contributed by atoms with Gasteiger partial charge in [0.15, 0.2) is 0 Å². The van der Waals surface area contributed by atoms with Crippen LogP contribution in [0.15, 0.2) is 24.3 Å². The highest BCUT2D eigenvalue weighted by molar-refractivity contribution is 5.89. The Morgan fingerprint density at radius 3 is 2.74 bits per heavy atom. The highest BCUT2D eigenvalue weighted by Crippen LogP contribution is 2.24. The van der Waals surface area contributed by atoms with Gasteiger partial charge < -0.3 is 14.9 Å². The summed E-state index contributed by atoms with van der Waals surface area (Å²) in [7, 11) is 1.55. The van der Waals surface area contributed by atoms with Crippen LogP contribution >= 0.6 is 0 Å². The van der Waals surface area contributed by atoms with Crippen LogP contribution in [0.5, 0.6) is 0 Å². The predicted octanol–water partition coefficient (Wildman–Crippen LogP) is 0.981. The first kappa shape index (κ1) is 13.4. The third kappa shape index (κ3) is 2.54. The summed E-state index contributed by atoms with van der Waals surface area (Å²) in [5, 5.41) is 9.20. The number of para-hydroxylation sites is 1. The van der Waals surface area contributed by atoms with Crippen molar-refractivity contribution in [3.8, 4) is 0 Å². The Kier molecular flexibility index (Phi) is 3.74. The van der Waals surface area contributed by atoms with E-state index in [1.165, 1.54) is 4.90 Å². The van der Waals surface area contributed by atoms with E-state index in [1.807, 2.05) is 36.1 Å². The molecule has 1 heterocycles. The molecule has 5 nitrogen and oxygen atoms in total. The zero-order valence-corrected chi connectivity index (χ0v) is 11.2. The third-order valence-corrected chi connectivity index (χ3v) is 3.58. The molecule has 0 aliphatic carbocycles. The van der Waals surface area contributed by atoms with Crippen molar-refractivity contribution in [2.45, 2.75) is 19.4 Å². The van der Waals surface area contributed by atoms with E-state index in [4.69, 9.17) is 0 Å². The molecule has 1 atom stereocenters. The Morgan fingerprint density at radius 1 is 1.42 bits per heavy atom. The van der Waals surface area contributed by atoms with E-state index in [0.29, 0.717) is 6.54 Å². The Balaban J connectivity index is 2.30. The lowest BCUT2D eigenvalue weighted by Gasteiger charge is -2.38. The molecule has 19 heavy (non-hydrogen) atoms. The van der Waals surface area contributed by atoms with E-state index >= 15 is 0 Å². The molecule has 0 aromatic heterocycles. The Bertz CT molecular complexity index is 501. The zero-order chi connectivity index (χ0) is 14.0. The first-order valence-electron chi connectivity index (χ1n) is 6.36. The molecule has 1 aromatic rings. The van der Waals surface area contributed by atoms with Gasteiger partial charge in [0, 0.05) is 19.3 Å². The molecule has 1 fully saturated rings. The number of piperazine rings is 1. The van der Waals surface area contributed by atoms with Gasteiger partial charge in [0.25, 0.3) is 0 Å². The van der Waals surface area contributed by atoms with E-state index in [0.717, 1.165) is 17.7 Å². The van der Waals surface area contributed by atoms with Crippen LogP contribution in [0.3, 0.4) is 0 Å². The summed E-state index contributed by atoms with van der Waals surface area (Å²) >= 11 is 0. The normalized spacial score (nSPS) is 19.7. The van der Waals surface area contributed by atoms with Crippen molar-refractivity contribution in [2.75, 3.05) is 25.0 Å². The number of carbonyl (C=O) groups excluding carboxylic acids is 1. The van der Waals surface area contributed by atoms with Gasteiger partial charge in [0.05, 0.1) is 6.54 Å². The van der Waals surface area contributed by atoms with Gasteiger partial charge in [-0.1, -0.05) is 25.1 Å². The van der Waals surface area contributed by atoms with Crippen LogP contribution in [0, 0.1) is 0 Å². The number of rotatable bonds is 3. The molecule has 0 bridgehead atoms. The molecule has 1 N–H and O–H groups in total. The van der Waals surface area contributed by atoms with Gasteiger partial charge in [-0.25, -0.2) is 4.79 Å². The van der Waals surface area contributed by atoms with Crippen LogP contribution in [0.1, 0.15) is 12.5 Å². The van der Waals surface area contributed by atoms with E-state index in [1.54, 1.807) is 7.05 Å². The molecule has 1 aliphatic heterocycles. The number of anilines is 1. The zero-order valence-electron chi connectivity index (χ0n) is 11.2. The fraction of sp³-hybridized carbons (Fsp3) is 0.429. The molecule has 0 radical (unpaired) electrons. The molecule has 1 unspecified atom stereocenters. The molecular formula is C14H18N2O3. The van der Waals surface area contributed by atoms with Crippen molar-refractivity contribution < 1.29 is 14.7 Å². The van der Waals surface area contributed by atoms with Crippen molar-refractivity contribution in [2.24, 2.45) is 0 Å². The largest absolute Gasteiger partial charge is 0.480 e. The van der Waals surface area contributed by atoms with Crippen LogP contribution in [0.25, 0.3) is 0 Å². The molecule has 102 valence electrons. The predicted molar refractivity (Wildman–Crippen MR) is 72.2 cm³/mol. The standard InChI is InChI=1S/C14H18N2O3/c1-3-10-6-4-5-7-11(10)16-8-12(14(18)19)15(2)13(17)9-16/h4-7,12H,3,8-9H2,1-2H3,(H,18,19). The van der Waals surface area contributed by atoms with E-state index in [9.17, 15) is 14.7 Å². The van der Waals surface area contributed by atoms with E-state index in [2.05, 4.69) is 0 Å². The minimum absolute atomic E-state index is 0.162. The topological polar surface area (TPSA) is 60.9 Å². The summed E-state index contributed by atoms with van der Waals surface area (Å²) in [6, 6.07) is 7.03. The number of carboxylic acids is 1. The van der Waals surface area contributed by atoms with Gasteiger partial charge in [-0.3, -0.25) is 4.79 Å². The number of amides is 1. The van der Waals surface area contributed by atoms with E-state index in [-0.39, 0.29) is 12.5 Å². The number of hydrogen-bond acceptors (Lipinski definition) is 3. The lowest BCUT2D eigenvalue weighted by molar-refractivity contribution is -0.149. The van der Waals surface area contributed by atoms with Gasteiger partial charge in [0.1, 0.15) is 6.04 Å². The summed E-state index contributed by atoms with van der Waals surface area (Å²) in [4.78, 5) is 26.3. The smallest absolute Gasteiger partial charge is 0.328 e. The Labute approximate surface area is 112 Å². The first-order chi connectivity index (χ1) is 9.04. The second-order valence-corrected chi connectivity index (χ2v) is 4.72. The van der Waals surface area contributed by atoms with Crippen LogP contribution in [0.4, 0.5) is 5.69 Å². The van der Waals surface area contributed by atoms with Gasteiger partial charge in [-0.05, 0) is 18.1 Å². The molecule has 2 rings (SSSR count). The van der Waals surface area contributed by atoms with Gasteiger partial charge in [-0.2, -0.15) is 0 Å². The molecule has 1 amide bonds. The molecule has 1 aliphatic rings. The van der Waals surface area contributed by atoms with Crippen molar-refractivity contribution >= 4 is 17.6 Å². The van der Waals surface area contributed by atoms with Crippen LogP contribution < -0.4 is 4.90 Å². The molecule has 5 heteroatoms. The average Bonchev–Trinajstić information content (AvgIpc) is 2.41. The van der Waals surface area contributed by atoms with Crippen LogP contribution in [-0.4, -0.2) is 48.1 Å². The second kappa shape index (κ2) is 5.30. The Morgan fingerprint density at radius 2 is 2.11 bits per heavy atom. The SMILES string of the molecule is CCc1ccccc1N1CC(=O)N(C)C(C(=O)O)C1. The monoisotopic (exact) mass is 262 g/mol. The maximum Gasteiger partial charge on any atom is 0.328 e. The lowest BCUT2D eigenvalue weighted by Crippen LogP contribution is -2.58. The minimum Gasteiger partial charge on any atom is -0.480 e. The highest BCUT2D eigenvalue weighted by atomic mass is 16.4. The summed E-state index contributed by atoms with van der Waals surface area (Å²) in [5.74, 6) is -1.13. The Hall–Kier alpha value is -2.04. The van der Waals surface area contributed by atoms with Crippen LogP contribution in [0.2, 0.25) is 0 Å². The quantitative estimate of drug-likeness (QED) is 0.882. The van der Waals surface area contributed by atoms with E-state index < -0.39 is 12.0 Å². The highest BCUT2D eigenvalue weighted by Gasteiger charge is 2.35. The average molecular weight is 262 g/mol. The molecule has 1 aromatic carbocycles. The van der Waals surface area contributed by atoms with Crippen molar-refractivity contribution in [1.29, 1.82) is 0 Å². The fourth-order valence-corrected chi connectivity index (χ4v) is 2.39. The summed E-state index contributed by atoms with van der Waals surface area (Å²) in [6.45, 7) is 2.61. The summed E-state index contributed by atoms with van der Waals surface area (Å²) in [6.07, 6.45) is 0.856. The number of likely N-dealkylation sites (N-methyl/N-ethyl adjacent to an activating group) is 1. The van der Waals surface area contributed by atoms with Gasteiger partial charge in [-0.15, -0.1) is 0 Å². The third-order valence-electron chi connectivity index (χ3n) is 3.58. The minimum atomic E-state index is -0.963. The van der Waals surface area contributed by atoms with Crippen molar-refractivity contribution in [3.63, 3.8) is 0 Å². The van der Waals surface area contributed by atoms with Crippen molar-refractivity contribution in [1.82, 2.24) is 4.90 Å². The summed E-state index contributed by atoms with van der Waals surface area (Å²) < 4.78 is 0. The fourth-order valence-electron chi connectivity index (χ4n) is 2.39. The maximum absolute atomic E-state index is 11.9.